The second-order valence-electron chi connectivity index (χ2n) is 7.81. The van der Waals surface area contributed by atoms with Crippen LogP contribution < -0.4 is 0 Å². The summed E-state index contributed by atoms with van der Waals surface area (Å²) < 4.78 is 10.5. The summed E-state index contributed by atoms with van der Waals surface area (Å²) in [5.74, 6) is -0.416. The zero-order valence-electron chi connectivity index (χ0n) is 15.5. The van der Waals surface area contributed by atoms with Gasteiger partial charge < -0.3 is 9.47 Å². The van der Waals surface area contributed by atoms with Crippen molar-refractivity contribution >= 4 is 17.5 Å². The van der Waals surface area contributed by atoms with Gasteiger partial charge in [0.05, 0.1) is 11.5 Å². The molecule has 0 radical (unpaired) electrons. The molecule has 1 rings (SSSR count). The monoisotopic (exact) mass is 338 g/mol. The molecule has 0 heterocycles. The first-order valence-corrected chi connectivity index (χ1v) is 8.42. The van der Waals surface area contributed by atoms with Crippen LogP contribution in [0.5, 0.6) is 0 Å². The van der Waals surface area contributed by atoms with Crippen LogP contribution in [0.3, 0.4) is 0 Å². The molecule has 1 fully saturated rings. The lowest BCUT2D eigenvalue weighted by Gasteiger charge is -2.31. The van der Waals surface area contributed by atoms with Crippen LogP contribution in [0.15, 0.2) is 12.7 Å². The van der Waals surface area contributed by atoms with Crippen molar-refractivity contribution in [1.29, 1.82) is 0 Å². The van der Waals surface area contributed by atoms with E-state index in [1.165, 1.54) is 0 Å². The molecule has 0 bridgehead atoms. The lowest BCUT2D eigenvalue weighted by molar-refractivity contribution is -0.156. The van der Waals surface area contributed by atoms with Gasteiger partial charge in [0.15, 0.2) is 5.78 Å². The Kier molecular flexibility index (Phi) is 6.90. The van der Waals surface area contributed by atoms with Crippen molar-refractivity contribution in [3.05, 3.63) is 12.7 Å². The van der Waals surface area contributed by atoms with Gasteiger partial charge in [-0.15, -0.1) is 6.58 Å². The number of carbonyl (C=O) groups is 3. The molecule has 0 aliphatic heterocycles. The molecule has 136 valence electrons. The number of ether oxygens (including phenoxy) is 2. The van der Waals surface area contributed by atoms with Crippen molar-refractivity contribution < 1.29 is 23.9 Å². The Morgan fingerprint density at radius 3 is 2.50 bits per heavy atom. The largest absolute Gasteiger partial charge is 0.457 e. The molecule has 0 amide bonds. The van der Waals surface area contributed by atoms with Gasteiger partial charge in [0.25, 0.3) is 0 Å². The number of Topliss-reactive ketones (excluding diaryl/α,β-unsaturated/α-hetero) is 2. The van der Waals surface area contributed by atoms with E-state index in [1.54, 1.807) is 34.0 Å². The minimum absolute atomic E-state index is 0.0254. The van der Waals surface area contributed by atoms with Crippen molar-refractivity contribution in [2.24, 2.45) is 16.7 Å². The number of ketones is 2. The summed E-state index contributed by atoms with van der Waals surface area (Å²) in [5.41, 5.74) is -1.23. The fourth-order valence-corrected chi connectivity index (χ4v) is 3.17. The highest BCUT2D eigenvalue weighted by Gasteiger charge is 2.50. The summed E-state index contributed by atoms with van der Waals surface area (Å²) in [5, 5.41) is 0. The molecule has 0 aromatic rings. The van der Waals surface area contributed by atoms with Crippen LogP contribution in [0.4, 0.5) is 0 Å². The van der Waals surface area contributed by atoms with E-state index >= 15 is 0 Å². The quantitative estimate of drug-likeness (QED) is 0.502. The van der Waals surface area contributed by atoms with E-state index in [9.17, 15) is 14.4 Å². The summed E-state index contributed by atoms with van der Waals surface area (Å²) in [4.78, 5) is 36.2. The van der Waals surface area contributed by atoms with Crippen LogP contribution in [-0.4, -0.2) is 37.4 Å². The number of esters is 1. The molecule has 0 N–H and O–H groups in total. The highest BCUT2D eigenvalue weighted by molar-refractivity contribution is 5.89. The number of carbonyl (C=O) groups excluding carboxylic acids is 3. The van der Waals surface area contributed by atoms with Crippen LogP contribution >= 0.6 is 0 Å². The highest BCUT2D eigenvalue weighted by Crippen LogP contribution is 2.46. The fraction of sp³-hybridized carbons (Fsp3) is 0.737. The maximum atomic E-state index is 12.4. The van der Waals surface area contributed by atoms with E-state index in [2.05, 4.69) is 6.58 Å². The van der Waals surface area contributed by atoms with Crippen molar-refractivity contribution in [3.63, 3.8) is 0 Å². The van der Waals surface area contributed by atoms with Crippen LogP contribution in [0.25, 0.3) is 0 Å². The molecule has 0 saturated heterocycles. The molecule has 1 saturated carbocycles. The fourth-order valence-electron chi connectivity index (χ4n) is 3.17. The Hall–Kier alpha value is -1.49. The van der Waals surface area contributed by atoms with Crippen molar-refractivity contribution in [2.75, 3.05) is 13.7 Å². The third kappa shape index (κ3) is 4.76. The van der Waals surface area contributed by atoms with E-state index in [0.717, 1.165) is 0 Å². The molecular formula is C19H30O5. The van der Waals surface area contributed by atoms with Gasteiger partial charge in [0, 0.05) is 31.3 Å². The minimum Gasteiger partial charge on any atom is -0.457 e. The highest BCUT2D eigenvalue weighted by atomic mass is 16.5. The maximum Gasteiger partial charge on any atom is 0.311 e. The third-order valence-electron chi connectivity index (χ3n) is 4.91. The zero-order chi connectivity index (χ0) is 18.5. The standard InChI is InChI=1S/C19H30O5/c1-7-8-14-15(23-6)11-16(21)19(14,5)10-9-13(20)12-24-17(22)18(2,3)4/h7,14-15H,1,8-12H2,2-6H3/t14-,15+,19+/m1/s1. The second-order valence-corrected chi connectivity index (χ2v) is 7.81. The van der Waals surface area contributed by atoms with E-state index < -0.39 is 16.8 Å². The first-order chi connectivity index (χ1) is 11.1. The Balaban J connectivity index is 2.63. The average Bonchev–Trinajstić information content (AvgIpc) is 2.74. The molecule has 0 aromatic heterocycles. The van der Waals surface area contributed by atoms with Crippen LogP contribution in [0, 0.1) is 16.7 Å². The van der Waals surface area contributed by atoms with Crippen LogP contribution in [0.1, 0.15) is 53.4 Å². The minimum atomic E-state index is -0.631. The van der Waals surface area contributed by atoms with E-state index in [4.69, 9.17) is 9.47 Å². The van der Waals surface area contributed by atoms with Crippen LogP contribution in [0.2, 0.25) is 0 Å². The lowest BCUT2D eigenvalue weighted by atomic mass is 9.73. The second kappa shape index (κ2) is 8.06. The molecule has 1 aliphatic carbocycles. The van der Waals surface area contributed by atoms with E-state index in [-0.39, 0.29) is 36.6 Å². The van der Waals surface area contributed by atoms with Gasteiger partial charge in [-0.3, -0.25) is 14.4 Å². The number of rotatable bonds is 8. The number of hydrogen-bond donors (Lipinski definition) is 0. The summed E-state index contributed by atoms with van der Waals surface area (Å²) in [6, 6.07) is 0. The van der Waals surface area contributed by atoms with E-state index in [1.807, 2.05) is 6.92 Å². The SMILES string of the molecule is C=CC[C@@H]1[C@@H](OC)CC(=O)[C@@]1(C)CCC(=O)COC(=O)C(C)(C)C. The number of hydrogen-bond acceptors (Lipinski definition) is 5. The van der Waals surface area contributed by atoms with Crippen LogP contribution in [-0.2, 0) is 23.9 Å². The Bertz CT molecular complexity index is 502. The maximum absolute atomic E-state index is 12.4. The van der Waals surface area contributed by atoms with Crippen molar-refractivity contribution in [3.8, 4) is 0 Å². The first-order valence-electron chi connectivity index (χ1n) is 8.42. The van der Waals surface area contributed by atoms with Gasteiger partial charge in [-0.25, -0.2) is 0 Å². The molecule has 0 spiro atoms. The summed E-state index contributed by atoms with van der Waals surface area (Å²) in [7, 11) is 1.61. The van der Waals surface area contributed by atoms with Gasteiger partial charge in [0.2, 0.25) is 0 Å². The molecule has 3 atom stereocenters. The van der Waals surface area contributed by atoms with Crippen molar-refractivity contribution in [2.45, 2.75) is 59.5 Å². The Morgan fingerprint density at radius 1 is 1.38 bits per heavy atom. The number of methoxy groups -OCH3 is 1. The molecule has 1 aliphatic rings. The molecule has 0 unspecified atom stereocenters. The first kappa shape index (κ1) is 20.6. The average molecular weight is 338 g/mol. The summed E-state index contributed by atoms with van der Waals surface area (Å²) in [6.45, 7) is 10.6. The van der Waals surface area contributed by atoms with Gasteiger partial charge in [-0.05, 0) is 33.6 Å². The van der Waals surface area contributed by atoms with Gasteiger partial charge >= 0.3 is 5.97 Å². The van der Waals surface area contributed by atoms with Gasteiger partial charge in [-0.1, -0.05) is 13.0 Å². The van der Waals surface area contributed by atoms with Gasteiger partial charge in [0.1, 0.15) is 12.4 Å². The molecular weight excluding hydrogens is 308 g/mol. The Labute approximate surface area is 144 Å². The molecule has 0 aromatic carbocycles. The Morgan fingerprint density at radius 2 is 2.00 bits per heavy atom. The molecule has 5 nitrogen and oxygen atoms in total. The predicted octanol–water partition coefficient (Wildman–Crippen LogP) is 3.11. The predicted molar refractivity (Wildman–Crippen MR) is 91.5 cm³/mol. The molecule has 24 heavy (non-hydrogen) atoms. The lowest BCUT2D eigenvalue weighted by Crippen LogP contribution is -2.33. The molecule has 5 heteroatoms. The zero-order valence-corrected chi connectivity index (χ0v) is 15.5. The van der Waals surface area contributed by atoms with Gasteiger partial charge in [-0.2, -0.15) is 0 Å². The third-order valence-corrected chi connectivity index (χ3v) is 4.91. The van der Waals surface area contributed by atoms with Crippen molar-refractivity contribution in [1.82, 2.24) is 0 Å². The smallest absolute Gasteiger partial charge is 0.311 e. The topological polar surface area (TPSA) is 69.7 Å². The number of allylic oxidation sites excluding steroid dienone is 1. The summed E-state index contributed by atoms with van der Waals surface area (Å²) in [6.07, 6.45) is 3.36. The summed E-state index contributed by atoms with van der Waals surface area (Å²) >= 11 is 0. The van der Waals surface area contributed by atoms with E-state index in [0.29, 0.717) is 19.3 Å². The normalized spacial score (nSPS) is 27.1.